The van der Waals surface area contributed by atoms with Crippen molar-refractivity contribution in [2.45, 2.75) is 69.4 Å². The summed E-state index contributed by atoms with van der Waals surface area (Å²) in [5, 5.41) is 2.91. The van der Waals surface area contributed by atoms with Gasteiger partial charge in [0.1, 0.15) is 0 Å². The van der Waals surface area contributed by atoms with E-state index in [-0.39, 0.29) is 18.0 Å². The van der Waals surface area contributed by atoms with E-state index in [1.165, 1.54) is 17.5 Å². The molecule has 156 valence electrons. The van der Waals surface area contributed by atoms with Crippen molar-refractivity contribution in [1.29, 1.82) is 0 Å². The van der Waals surface area contributed by atoms with Crippen LogP contribution in [-0.4, -0.2) is 62.3 Å². The third kappa shape index (κ3) is 4.93. The number of hydrogen-bond acceptors (Lipinski definition) is 4. The zero-order chi connectivity index (χ0) is 20.3. The molecule has 0 radical (unpaired) electrons. The highest BCUT2D eigenvalue weighted by atomic mass is 32.2. The maximum absolute atomic E-state index is 13.1. The fraction of sp³-hybridized carbons (Fsp3) is 0.667. The van der Waals surface area contributed by atoms with Crippen LogP contribution in [0.5, 0.6) is 0 Å². The number of nitrogens with one attached hydrogen (secondary N) is 1. The van der Waals surface area contributed by atoms with Gasteiger partial charge < -0.3 is 5.32 Å². The average molecular weight is 408 g/mol. The van der Waals surface area contributed by atoms with Crippen LogP contribution in [0.25, 0.3) is 0 Å². The summed E-state index contributed by atoms with van der Waals surface area (Å²) in [6.07, 6.45) is 5.85. The predicted octanol–water partition coefficient (Wildman–Crippen LogP) is 2.17. The molecule has 0 unspecified atom stereocenters. The molecule has 0 bridgehead atoms. The van der Waals surface area contributed by atoms with Crippen LogP contribution in [-0.2, 0) is 27.7 Å². The Hall–Kier alpha value is -1.44. The van der Waals surface area contributed by atoms with Gasteiger partial charge in [0.2, 0.25) is 15.9 Å². The highest BCUT2D eigenvalue weighted by Crippen LogP contribution is 2.27. The number of fused-ring (bicyclic) bond motifs is 1. The van der Waals surface area contributed by atoms with Gasteiger partial charge in [-0.3, -0.25) is 9.69 Å². The zero-order valence-corrected chi connectivity index (χ0v) is 18.1. The second kappa shape index (κ2) is 8.93. The highest BCUT2D eigenvalue weighted by Gasteiger charge is 2.31. The van der Waals surface area contributed by atoms with Gasteiger partial charge in [-0.25, -0.2) is 8.42 Å². The minimum atomic E-state index is -3.45. The number of carbonyl (C=O) groups excluding carboxylic acids is 1. The highest BCUT2D eigenvalue weighted by molar-refractivity contribution is 7.89. The molecule has 1 saturated heterocycles. The first kappa shape index (κ1) is 21.3. The molecule has 2 aliphatic rings. The number of amides is 1. The van der Waals surface area contributed by atoms with Crippen molar-refractivity contribution < 1.29 is 13.2 Å². The third-order valence-corrected chi connectivity index (χ3v) is 7.74. The maximum Gasteiger partial charge on any atom is 0.243 e. The van der Waals surface area contributed by atoms with Gasteiger partial charge in [-0.15, -0.1) is 0 Å². The second-order valence-corrected chi connectivity index (χ2v) is 10.3. The molecule has 1 aliphatic heterocycles. The lowest BCUT2D eigenvalue weighted by Gasteiger charge is -2.36. The number of likely N-dealkylation sites (N-methyl/N-ethyl adjacent to an activating group) is 1. The Morgan fingerprint density at radius 1 is 1.18 bits per heavy atom. The van der Waals surface area contributed by atoms with E-state index in [1.54, 1.807) is 10.4 Å². The van der Waals surface area contributed by atoms with Crippen molar-refractivity contribution in [2.24, 2.45) is 0 Å². The summed E-state index contributed by atoms with van der Waals surface area (Å²) >= 11 is 0. The molecule has 0 aromatic heterocycles. The summed E-state index contributed by atoms with van der Waals surface area (Å²) in [6, 6.07) is 6.01. The van der Waals surface area contributed by atoms with Crippen LogP contribution in [0.3, 0.4) is 0 Å². The topological polar surface area (TPSA) is 69.7 Å². The van der Waals surface area contributed by atoms with E-state index in [0.29, 0.717) is 24.5 Å². The van der Waals surface area contributed by atoms with Gasteiger partial charge in [0, 0.05) is 25.2 Å². The Balaban J connectivity index is 1.60. The molecule has 1 aliphatic carbocycles. The molecule has 1 N–H and O–H groups in total. The predicted molar refractivity (Wildman–Crippen MR) is 111 cm³/mol. The van der Waals surface area contributed by atoms with Crippen molar-refractivity contribution in [3.63, 3.8) is 0 Å². The molecule has 0 atom stereocenters. The number of sulfonamides is 1. The molecule has 28 heavy (non-hydrogen) atoms. The number of benzene rings is 1. The zero-order valence-electron chi connectivity index (χ0n) is 17.3. The Morgan fingerprint density at radius 2 is 1.82 bits per heavy atom. The lowest BCUT2D eigenvalue weighted by atomic mass is 9.92. The first-order chi connectivity index (χ1) is 13.3. The fourth-order valence-electron chi connectivity index (χ4n) is 4.27. The van der Waals surface area contributed by atoms with E-state index in [0.717, 1.165) is 32.1 Å². The molecule has 1 heterocycles. The second-order valence-electron chi connectivity index (χ2n) is 8.41. The molecule has 0 saturated carbocycles. The Bertz CT molecular complexity index is 799. The van der Waals surface area contributed by atoms with E-state index in [4.69, 9.17) is 0 Å². The summed E-state index contributed by atoms with van der Waals surface area (Å²) < 4.78 is 27.8. The largest absolute Gasteiger partial charge is 0.353 e. The van der Waals surface area contributed by atoms with E-state index in [1.807, 2.05) is 37.9 Å². The van der Waals surface area contributed by atoms with Gasteiger partial charge in [0.05, 0.1) is 11.4 Å². The summed E-state index contributed by atoms with van der Waals surface area (Å²) in [7, 11) is -1.51. The molecular formula is C21H33N3O3S. The normalized spacial score (nSPS) is 19.0. The molecule has 1 aromatic carbocycles. The molecule has 6 nitrogen and oxygen atoms in total. The lowest BCUT2D eigenvalue weighted by molar-refractivity contribution is -0.123. The number of piperidine rings is 1. The SMILES string of the molecule is CC(C)NC(=O)CN(C)C1CCN(S(=O)(=O)c2ccc3c(c2)CCCC3)CC1. The lowest BCUT2D eigenvalue weighted by Crippen LogP contribution is -2.48. The smallest absolute Gasteiger partial charge is 0.243 e. The van der Waals surface area contributed by atoms with Crippen LogP contribution in [0.2, 0.25) is 0 Å². The molecule has 3 rings (SSSR count). The van der Waals surface area contributed by atoms with Crippen LogP contribution in [0.15, 0.2) is 23.1 Å². The Labute approximate surface area is 169 Å². The van der Waals surface area contributed by atoms with E-state index >= 15 is 0 Å². The number of carbonyl (C=O) groups is 1. The van der Waals surface area contributed by atoms with E-state index in [2.05, 4.69) is 5.32 Å². The maximum atomic E-state index is 13.1. The monoisotopic (exact) mass is 407 g/mol. The average Bonchev–Trinajstić information content (AvgIpc) is 2.67. The molecule has 1 fully saturated rings. The van der Waals surface area contributed by atoms with Gasteiger partial charge in [-0.2, -0.15) is 4.31 Å². The van der Waals surface area contributed by atoms with Crippen molar-refractivity contribution in [3.8, 4) is 0 Å². The molecular weight excluding hydrogens is 374 g/mol. The van der Waals surface area contributed by atoms with Crippen molar-refractivity contribution in [1.82, 2.24) is 14.5 Å². The number of hydrogen-bond donors (Lipinski definition) is 1. The summed E-state index contributed by atoms with van der Waals surface area (Å²) in [4.78, 5) is 14.4. The van der Waals surface area contributed by atoms with Crippen molar-refractivity contribution in [2.75, 3.05) is 26.7 Å². The standard InChI is InChI=1S/C21H33N3O3S/c1-16(2)22-21(25)15-23(3)19-10-12-24(13-11-19)28(26,27)20-9-8-17-6-4-5-7-18(17)14-20/h8-9,14,16,19H,4-7,10-13,15H2,1-3H3,(H,22,25). The third-order valence-electron chi connectivity index (χ3n) is 5.85. The molecule has 0 spiro atoms. The van der Waals surface area contributed by atoms with Gasteiger partial charge in [-0.05, 0) is 82.7 Å². The quantitative estimate of drug-likeness (QED) is 0.785. The molecule has 7 heteroatoms. The van der Waals surface area contributed by atoms with Crippen LogP contribution in [0.4, 0.5) is 0 Å². The molecule has 1 amide bonds. The Morgan fingerprint density at radius 3 is 2.46 bits per heavy atom. The first-order valence-corrected chi connectivity index (χ1v) is 11.8. The van der Waals surface area contributed by atoms with Crippen LogP contribution < -0.4 is 5.32 Å². The van der Waals surface area contributed by atoms with E-state index in [9.17, 15) is 13.2 Å². The van der Waals surface area contributed by atoms with Gasteiger partial charge in [0.15, 0.2) is 0 Å². The van der Waals surface area contributed by atoms with E-state index < -0.39 is 10.0 Å². The first-order valence-electron chi connectivity index (χ1n) is 10.4. The van der Waals surface area contributed by atoms with Gasteiger partial charge >= 0.3 is 0 Å². The van der Waals surface area contributed by atoms with Gasteiger partial charge in [0.25, 0.3) is 0 Å². The number of rotatable bonds is 6. The summed E-state index contributed by atoms with van der Waals surface area (Å²) in [5.74, 6) is 0.0154. The van der Waals surface area contributed by atoms with Gasteiger partial charge in [-0.1, -0.05) is 6.07 Å². The molecule has 1 aromatic rings. The number of nitrogens with zero attached hydrogens (tertiary/aromatic N) is 2. The minimum Gasteiger partial charge on any atom is -0.353 e. The summed E-state index contributed by atoms with van der Waals surface area (Å²) in [6.45, 7) is 5.24. The Kier molecular flexibility index (Phi) is 6.78. The summed E-state index contributed by atoms with van der Waals surface area (Å²) in [5.41, 5.74) is 2.49. The number of aryl methyl sites for hydroxylation is 2. The van der Waals surface area contributed by atoms with Crippen LogP contribution in [0.1, 0.15) is 50.7 Å². The minimum absolute atomic E-state index is 0.0154. The van der Waals surface area contributed by atoms with Crippen molar-refractivity contribution in [3.05, 3.63) is 29.3 Å². The van der Waals surface area contributed by atoms with Crippen LogP contribution in [0, 0.1) is 0 Å². The van der Waals surface area contributed by atoms with Crippen LogP contribution >= 0.6 is 0 Å². The van der Waals surface area contributed by atoms with Crippen molar-refractivity contribution >= 4 is 15.9 Å². The fourth-order valence-corrected chi connectivity index (χ4v) is 5.79.